The van der Waals surface area contributed by atoms with Gasteiger partial charge in [-0.1, -0.05) is 0 Å². The zero-order valence-electron chi connectivity index (χ0n) is 13.0. The van der Waals surface area contributed by atoms with E-state index in [0.717, 1.165) is 49.1 Å². The highest BCUT2D eigenvalue weighted by Gasteiger charge is 2.19. The summed E-state index contributed by atoms with van der Waals surface area (Å²) in [4.78, 5) is 14.2. The third kappa shape index (κ3) is 3.00. The summed E-state index contributed by atoms with van der Waals surface area (Å²) in [5.74, 6) is 2.58. The molecule has 0 bridgehead atoms. The first kappa shape index (κ1) is 14.4. The summed E-state index contributed by atoms with van der Waals surface area (Å²) in [5, 5.41) is 2.08. The Morgan fingerprint density at radius 3 is 2.78 bits per heavy atom. The highest BCUT2D eigenvalue weighted by atomic mass is 32.1. The van der Waals surface area contributed by atoms with Gasteiger partial charge in [-0.05, 0) is 42.8 Å². The van der Waals surface area contributed by atoms with E-state index in [1.165, 1.54) is 4.70 Å². The number of piperazine rings is 1. The molecule has 0 saturated carbocycles. The number of hydrogen-bond donors (Lipinski definition) is 0. The van der Waals surface area contributed by atoms with Gasteiger partial charge in [0, 0.05) is 26.2 Å². The Morgan fingerprint density at radius 2 is 2.00 bits per heavy atom. The van der Waals surface area contributed by atoms with Gasteiger partial charge in [0.25, 0.3) is 0 Å². The number of fused-ring (bicyclic) bond motifs is 1. The molecule has 3 aromatic rings. The molecule has 1 saturated heterocycles. The number of nitrogens with zero attached hydrogens (tertiary/aromatic N) is 4. The van der Waals surface area contributed by atoms with E-state index in [-0.39, 0.29) is 0 Å². The zero-order chi connectivity index (χ0) is 15.6. The summed E-state index contributed by atoms with van der Waals surface area (Å²) in [7, 11) is 2.16. The number of likely N-dealkylation sites (N-methyl/N-ethyl adjacent to an activating group) is 1. The molecule has 0 radical (unpaired) electrons. The molecule has 0 spiro atoms. The third-order valence-electron chi connectivity index (χ3n) is 4.05. The summed E-state index contributed by atoms with van der Waals surface area (Å²) in [5.41, 5.74) is 1.01. The Morgan fingerprint density at radius 1 is 1.13 bits per heavy atom. The van der Waals surface area contributed by atoms with Gasteiger partial charge in [0.05, 0.1) is 16.5 Å². The molecule has 23 heavy (non-hydrogen) atoms. The Labute approximate surface area is 138 Å². The molecular weight excluding hydrogens is 308 g/mol. The first-order chi connectivity index (χ1) is 11.3. The second kappa shape index (κ2) is 6.14. The molecule has 1 aliphatic rings. The first-order valence-corrected chi connectivity index (χ1v) is 8.58. The average Bonchev–Trinajstić information content (AvgIpc) is 3.24. The third-order valence-corrected chi connectivity index (χ3v) is 4.95. The van der Waals surface area contributed by atoms with Gasteiger partial charge in [-0.3, -0.25) is 0 Å². The van der Waals surface area contributed by atoms with Crippen molar-refractivity contribution in [2.75, 3.05) is 38.1 Å². The maximum absolute atomic E-state index is 5.33. The predicted octanol–water partition coefficient (Wildman–Crippen LogP) is 3.21. The van der Waals surface area contributed by atoms with Crippen molar-refractivity contribution in [1.29, 1.82) is 0 Å². The smallest absolute Gasteiger partial charge is 0.155 e. The number of furan rings is 1. The van der Waals surface area contributed by atoms with Gasteiger partial charge in [0.1, 0.15) is 5.76 Å². The van der Waals surface area contributed by atoms with Crippen LogP contribution in [0.5, 0.6) is 0 Å². The van der Waals surface area contributed by atoms with Crippen molar-refractivity contribution in [3.63, 3.8) is 0 Å². The van der Waals surface area contributed by atoms with Crippen LogP contribution < -0.4 is 4.90 Å². The van der Waals surface area contributed by atoms with Crippen LogP contribution in [0, 0.1) is 0 Å². The molecular formula is C17H18N4OS. The second-order valence-electron chi connectivity index (χ2n) is 5.68. The largest absolute Gasteiger partial charge is 0.465 e. The summed E-state index contributed by atoms with van der Waals surface area (Å²) >= 11 is 1.71. The molecule has 4 heterocycles. The maximum atomic E-state index is 5.33. The average molecular weight is 326 g/mol. The van der Waals surface area contributed by atoms with Crippen molar-refractivity contribution < 1.29 is 4.42 Å². The Kier molecular flexibility index (Phi) is 3.85. The summed E-state index contributed by atoms with van der Waals surface area (Å²) < 4.78 is 6.50. The van der Waals surface area contributed by atoms with Crippen LogP contribution >= 0.6 is 11.3 Å². The minimum atomic E-state index is 0.723. The SMILES string of the molecule is CN1CCN(c2nc(/C=C/c3ccco3)nc3ccsc23)CC1. The summed E-state index contributed by atoms with van der Waals surface area (Å²) in [6, 6.07) is 5.85. The Balaban J connectivity index is 1.69. The van der Waals surface area contributed by atoms with E-state index in [1.54, 1.807) is 17.6 Å². The van der Waals surface area contributed by atoms with E-state index < -0.39 is 0 Å². The van der Waals surface area contributed by atoms with Gasteiger partial charge in [-0.25, -0.2) is 9.97 Å². The van der Waals surface area contributed by atoms with E-state index in [0.29, 0.717) is 0 Å². The quantitative estimate of drug-likeness (QED) is 0.739. The van der Waals surface area contributed by atoms with Gasteiger partial charge in [0.15, 0.2) is 11.6 Å². The van der Waals surface area contributed by atoms with Gasteiger partial charge in [-0.15, -0.1) is 11.3 Å². The van der Waals surface area contributed by atoms with Crippen LogP contribution in [0.25, 0.3) is 22.4 Å². The summed E-state index contributed by atoms with van der Waals surface area (Å²) in [6.45, 7) is 4.13. The molecule has 0 aliphatic carbocycles. The van der Waals surface area contributed by atoms with Gasteiger partial charge < -0.3 is 14.2 Å². The van der Waals surface area contributed by atoms with Gasteiger partial charge in [-0.2, -0.15) is 0 Å². The molecule has 4 rings (SSSR count). The highest BCUT2D eigenvalue weighted by Crippen LogP contribution is 2.29. The molecule has 0 unspecified atom stereocenters. The number of aromatic nitrogens is 2. The van der Waals surface area contributed by atoms with Crippen molar-refractivity contribution in [2.24, 2.45) is 0 Å². The normalized spacial score (nSPS) is 16.7. The van der Waals surface area contributed by atoms with E-state index in [9.17, 15) is 0 Å². The lowest BCUT2D eigenvalue weighted by molar-refractivity contribution is 0.312. The molecule has 118 valence electrons. The van der Waals surface area contributed by atoms with Crippen LogP contribution in [0.3, 0.4) is 0 Å². The van der Waals surface area contributed by atoms with Gasteiger partial charge >= 0.3 is 0 Å². The van der Waals surface area contributed by atoms with E-state index in [4.69, 9.17) is 9.40 Å². The van der Waals surface area contributed by atoms with Crippen LogP contribution in [0.1, 0.15) is 11.6 Å². The highest BCUT2D eigenvalue weighted by molar-refractivity contribution is 7.17. The maximum Gasteiger partial charge on any atom is 0.155 e. The fourth-order valence-corrected chi connectivity index (χ4v) is 3.56. The number of anilines is 1. The number of hydrogen-bond acceptors (Lipinski definition) is 6. The van der Waals surface area contributed by atoms with Crippen molar-refractivity contribution in [1.82, 2.24) is 14.9 Å². The molecule has 0 atom stereocenters. The molecule has 1 aliphatic heterocycles. The first-order valence-electron chi connectivity index (χ1n) is 7.70. The minimum Gasteiger partial charge on any atom is -0.465 e. The molecule has 0 N–H and O–H groups in total. The molecule has 0 amide bonds. The van der Waals surface area contributed by atoms with Crippen molar-refractivity contribution >= 4 is 39.5 Å². The molecule has 6 heteroatoms. The topological polar surface area (TPSA) is 45.4 Å². The lowest BCUT2D eigenvalue weighted by atomic mass is 10.3. The Bertz CT molecular complexity index is 816. The van der Waals surface area contributed by atoms with E-state index >= 15 is 0 Å². The standard InChI is InChI=1S/C17H18N4OS/c1-20-7-9-21(10-8-20)17-16-14(6-12-23-16)18-15(19-17)5-4-13-3-2-11-22-13/h2-6,11-12H,7-10H2,1H3/b5-4+. The lowest BCUT2D eigenvalue weighted by Gasteiger charge is -2.33. The number of thiophene rings is 1. The molecule has 0 aromatic carbocycles. The van der Waals surface area contributed by atoms with Gasteiger partial charge in [0.2, 0.25) is 0 Å². The van der Waals surface area contributed by atoms with Crippen molar-refractivity contribution in [2.45, 2.75) is 0 Å². The van der Waals surface area contributed by atoms with E-state index in [2.05, 4.69) is 33.3 Å². The van der Waals surface area contributed by atoms with Crippen LogP contribution in [0.2, 0.25) is 0 Å². The lowest BCUT2D eigenvalue weighted by Crippen LogP contribution is -2.44. The van der Waals surface area contributed by atoms with Crippen molar-refractivity contribution in [3.8, 4) is 0 Å². The fourth-order valence-electron chi connectivity index (χ4n) is 2.72. The minimum absolute atomic E-state index is 0.723. The molecule has 1 fully saturated rings. The van der Waals surface area contributed by atoms with Crippen LogP contribution in [-0.2, 0) is 0 Å². The second-order valence-corrected chi connectivity index (χ2v) is 6.60. The van der Waals surface area contributed by atoms with E-state index in [1.807, 2.05) is 24.3 Å². The van der Waals surface area contributed by atoms with Crippen LogP contribution in [0.15, 0.2) is 34.3 Å². The van der Waals surface area contributed by atoms with Crippen molar-refractivity contribution in [3.05, 3.63) is 41.4 Å². The monoisotopic (exact) mass is 326 g/mol. The Hall–Kier alpha value is -2.18. The van der Waals surface area contributed by atoms with Crippen LogP contribution in [0.4, 0.5) is 5.82 Å². The number of rotatable bonds is 3. The fraction of sp³-hybridized carbons (Fsp3) is 0.294. The predicted molar refractivity (Wildman–Crippen MR) is 94.8 cm³/mol. The zero-order valence-corrected chi connectivity index (χ0v) is 13.8. The molecule has 5 nitrogen and oxygen atoms in total. The summed E-state index contributed by atoms with van der Waals surface area (Å²) in [6.07, 6.45) is 5.48. The molecule has 3 aromatic heterocycles. The van der Waals surface area contributed by atoms with Crippen LogP contribution in [-0.4, -0.2) is 48.1 Å².